The molecular formula is C36H55N. The molecule has 0 aliphatic carbocycles. The third kappa shape index (κ3) is 15.0. The van der Waals surface area contributed by atoms with Crippen molar-refractivity contribution in [3.05, 3.63) is 83.9 Å². The van der Waals surface area contributed by atoms with Gasteiger partial charge in [0.05, 0.1) is 0 Å². The largest absolute Gasteiger partial charge is 0.291 e. The van der Waals surface area contributed by atoms with Crippen LogP contribution in [0.2, 0.25) is 0 Å². The Bertz CT molecular complexity index is 782. The lowest BCUT2D eigenvalue weighted by Crippen LogP contribution is -2.44. The van der Waals surface area contributed by atoms with E-state index < -0.39 is 0 Å². The minimum atomic E-state index is 0.180. The summed E-state index contributed by atoms with van der Waals surface area (Å²) < 4.78 is 0. The summed E-state index contributed by atoms with van der Waals surface area (Å²) in [6, 6.07) is 21.3. The highest BCUT2D eigenvalue weighted by Crippen LogP contribution is 2.23. The molecule has 0 fully saturated rings. The Morgan fingerprint density at radius 2 is 0.919 bits per heavy atom. The summed E-state index contributed by atoms with van der Waals surface area (Å²) in [4.78, 5) is 2.63. The lowest BCUT2D eigenvalue weighted by molar-refractivity contribution is 0.139. The molecular weight excluding hydrogens is 446 g/mol. The van der Waals surface area contributed by atoms with Crippen LogP contribution in [0.15, 0.2) is 72.8 Å². The van der Waals surface area contributed by atoms with Crippen molar-refractivity contribution in [2.45, 2.75) is 116 Å². The van der Waals surface area contributed by atoms with Crippen molar-refractivity contribution in [2.75, 3.05) is 13.1 Å². The maximum atomic E-state index is 2.63. The van der Waals surface area contributed by atoms with E-state index in [2.05, 4.69) is 111 Å². The molecule has 0 aliphatic heterocycles. The zero-order valence-corrected chi connectivity index (χ0v) is 24.3. The van der Waals surface area contributed by atoms with E-state index >= 15 is 0 Å². The summed E-state index contributed by atoms with van der Waals surface area (Å²) in [5.41, 5.74) is 2.73. The molecule has 0 amide bonds. The topological polar surface area (TPSA) is 3.24 Å². The molecule has 0 heterocycles. The van der Waals surface area contributed by atoms with E-state index in [-0.39, 0.29) is 5.54 Å². The quantitative estimate of drug-likeness (QED) is 0.154. The van der Waals surface area contributed by atoms with Gasteiger partial charge in [-0.15, -0.1) is 0 Å². The summed E-state index contributed by atoms with van der Waals surface area (Å²) in [5.74, 6) is 0. The molecule has 0 spiro atoms. The van der Waals surface area contributed by atoms with Crippen molar-refractivity contribution in [3.63, 3.8) is 0 Å². The van der Waals surface area contributed by atoms with Crippen molar-refractivity contribution >= 4 is 12.2 Å². The molecule has 0 aliphatic rings. The van der Waals surface area contributed by atoms with Crippen LogP contribution in [-0.4, -0.2) is 23.5 Å². The zero-order valence-electron chi connectivity index (χ0n) is 24.3. The molecule has 0 atom stereocenters. The van der Waals surface area contributed by atoms with Crippen molar-refractivity contribution in [3.8, 4) is 0 Å². The number of unbranched alkanes of at least 4 members (excludes halogenated alkanes) is 12. The molecule has 1 nitrogen and oxygen atoms in total. The van der Waals surface area contributed by atoms with Gasteiger partial charge in [0.15, 0.2) is 0 Å². The van der Waals surface area contributed by atoms with Crippen molar-refractivity contribution < 1.29 is 0 Å². The third-order valence-corrected chi connectivity index (χ3v) is 7.62. The maximum Gasteiger partial charge on any atom is 0.0175 e. The first-order valence-electron chi connectivity index (χ1n) is 15.3. The van der Waals surface area contributed by atoms with Crippen LogP contribution in [0.1, 0.15) is 122 Å². The summed E-state index contributed by atoms with van der Waals surface area (Å²) >= 11 is 0. The van der Waals surface area contributed by atoms with Gasteiger partial charge in [0, 0.05) is 18.6 Å². The Morgan fingerprint density at radius 3 is 1.32 bits per heavy atom. The number of rotatable bonds is 21. The van der Waals surface area contributed by atoms with E-state index in [9.17, 15) is 0 Å². The summed E-state index contributed by atoms with van der Waals surface area (Å²) in [6.45, 7) is 9.10. The highest BCUT2D eigenvalue weighted by Gasteiger charge is 2.24. The molecule has 204 valence electrons. The van der Waals surface area contributed by atoms with Crippen LogP contribution in [0.3, 0.4) is 0 Å². The predicted molar refractivity (Wildman–Crippen MR) is 167 cm³/mol. The van der Waals surface area contributed by atoms with Gasteiger partial charge >= 0.3 is 0 Å². The molecule has 0 N–H and O–H groups in total. The summed E-state index contributed by atoms with van der Waals surface area (Å²) in [6.07, 6.45) is 28.8. The number of benzene rings is 2. The van der Waals surface area contributed by atoms with Gasteiger partial charge in [-0.2, -0.15) is 0 Å². The molecule has 0 saturated heterocycles. The van der Waals surface area contributed by atoms with Gasteiger partial charge < -0.3 is 0 Å². The van der Waals surface area contributed by atoms with E-state index in [0.29, 0.717) is 0 Å². The fourth-order valence-electron chi connectivity index (χ4n) is 5.06. The van der Waals surface area contributed by atoms with E-state index in [1.165, 1.54) is 101 Å². The number of hydrogen-bond acceptors (Lipinski definition) is 1. The third-order valence-electron chi connectivity index (χ3n) is 7.62. The number of hydrogen-bond donors (Lipinski definition) is 0. The van der Waals surface area contributed by atoms with Crippen LogP contribution in [0.25, 0.3) is 12.2 Å². The molecule has 0 radical (unpaired) electrons. The first kappa shape index (κ1) is 31.1. The second-order valence-corrected chi connectivity index (χ2v) is 11.3. The Kier molecular flexibility index (Phi) is 16.7. The van der Waals surface area contributed by atoms with Gasteiger partial charge in [-0.3, -0.25) is 4.90 Å². The molecule has 37 heavy (non-hydrogen) atoms. The van der Waals surface area contributed by atoms with Crippen LogP contribution in [0, 0.1) is 0 Å². The van der Waals surface area contributed by atoms with Gasteiger partial charge in [0.2, 0.25) is 0 Å². The van der Waals surface area contributed by atoms with Gasteiger partial charge in [-0.05, 0) is 31.4 Å². The normalized spacial score (nSPS) is 12.3. The van der Waals surface area contributed by atoms with Crippen molar-refractivity contribution in [1.29, 1.82) is 0 Å². The smallest absolute Gasteiger partial charge is 0.0175 e. The van der Waals surface area contributed by atoms with E-state index in [0.717, 1.165) is 13.1 Å². The lowest BCUT2D eigenvalue weighted by Gasteiger charge is -2.38. The molecule has 0 bridgehead atoms. The molecule has 0 unspecified atom stereocenters. The van der Waals surface area contributed by atoms with Gasteiger partial charge in [-0.25, -0.2) is 0 Å². The fourth-order valence-corrected chi connectivity index (χ4v) is 5.06. The first-order chi connectivity index (χ1) is 18.1. The standard InChI is InChI=1S/C36H55N/c1-4-5-6-7-8-9-10-11-12-13-14-15-22-31-36(2,3)37(32-23-29-34-25-18-16-19-26-34)33-24-30-35-27-20-17-21-28-35/h16-21,23-30H,4-15,22,31-33H2,1-3H3/b29-23+,30-24+. The molecule has 2 rings (SSSR count). The van der Waals surface area contributed by atoms with Gasteiger partial charge in [-0.1, -0.05) is 175 Å². The maximum absolute atomic E-state index is 2.63. The van der Waals surface area contributed by atoms with Gasteiger partial charge in [0.25, 0.3) is 0 Å². The molecule has 1 heteroatoms. The van der Waals surface area contributed by atoms with E-state index in [1.54, 1.807) is 0 Å². The Balaban J connectivity index is 1.71. The van der Waals surface area contributed by atoms with E-state index in [4.69, 9.17) is 0 Å². The average molecular weight is 502 g/mol. The second-order valence-electron chi connectivity index (χ2n) is 11.3. The van der Waals surface area contributed by atoms with Gasteiger partial charge in [0.1, 0.15) is 0 Å². The first-order valence-corrected chi connectivity index (χ1v) is 15.3. The molecule has 2 aromatic carbocycles. The van der Waals surface area contributed by atoms with Crippen LogP contribution >= 0.6 is 0 Å². The van der Waals surface area contributed by atoms with Crippen LogP contribution < -0.4 is 0 Å². The highest BCUT2D eigenvalue weighted by molar-refractivity contribution is 5.49. The lowest BCUT2D eigenvalue weighted by atomic mass is 9.93. The van der Waals surface area contributed by atoms with Crippen LogP contribution in [-0.2, 0) is 0 Å². The fraction of sp³-hybridized carbons (Fsp3) is 0.556. The van der Waals surface area contributed by atoms with Crippen LogP contribution in [0.4, 0.5) is 0 Å². The molecule has 2 aromatic rings. The minimum Gasteiger partial charge on any atom is -0.291 e. The number of nitrogens with zero attached hydrogens (tertiary/aromatic N) is 1. The highest BCUT2D eigenvalue weighted by atomic mass is 15.2. The summed E-state index contributed by atoms with van der Waals surface area (Å²) in [7, 11) is 0. The predicted octanol–water partition coefficient (Wildman–Crippen LogP) is 11.0. The average Bonchev–Trinajstić information content (AvgIpc) is 2.91. The molecule has 0 saturated carbocycles. The monoisotopic (exact) mass is 501 g/mol. The van der Waals surface area contributed by atoms with E-state index in [1.807, 2.05) is 0 Å². The SMILES string of the molecule is CCCCCCCCCCCCCCCC(C)(C)N(C/C=C/c1ccccc1)C/C=C/c1ccccc1. The van der Waals surface area contributed by atoms with Crippen molar-refractivity contribution in [1.82, 2.24) is 4.90 Å². The Morgan fingerprint density at radius 1 is 0.541 bits per heavy atom. The second kappa shape index (κ2) is 19.9. The summed E-state index contributed by atoms with van der Waals surface area (Å²) in [5, 5.41) is 0. The zero-order chi connectivity index (χ0) is 26.4. The minimum absolute atomic E-state index is 0.180. The van der Waals surface area contributed by atoms with Crippen LogP contribution in [0.5, 0.6) is 0 Å². The van der Waals surface area contributed by atoms with Crippen molar-refractivity contribution in [2.24, 2.45) is 0 Å². The molecule has 0 aromatic heterocycles. The Labute approximate surface area is 230 Å². The Hall–Kier alpha value is -2.12.